The molecule has 0 radical (unpaired) electrons. The second-order valence-corrected chi connectivity index (χ2v) is 10.9. The maximum atomic E-state index is 12.6. The van der Waals surface area contributed by atoms with Gasteiger partial charge in [-0.2, -0.15) is 0 Å². The van der Waals surface area contributed by atoms with E-state index in [-0.39, 0.29) is 5.41 Å². The van der Waals surface area contributed by atoms with E-state index in [1.807, 2.05) is 25.2 Å². The summed E-state index contributed by atoms with van der Waals surface area (Å²) in [5.41, 5.74) is 0.632. The molecule has 0 saturated carbocycles. The first kappa shape index (κ1) is 22.0. The van der Waals surface area contributed by atoms with Crippen LogP contribution in [0.25, 0.3) is 0 Å². The van der Waals surface area contributed by atoms with Crippen molar-refractivity contribution in [3.8, 4) is 5.75 Å². The monoisotopic (exact) mass is 381 g/mol. The zero-order chi connectivity index (χ0) is 20.3. The number of benzene rings is 1. The maximum Gasteiger partial charge on any atom is 0.415 e. The number of carbonyl (C=O) groups excluding carboxylic acids is 1. The molecular weight excluding hydrogens is 350 g/mol. The molecule has 0 aliphatic heterocycles. The SMILES string of the molecule is C[SiH](C)Oc1cc(C(C)(C)C)ccc1N(CC(=O)O)C(=O)OC(C)(C)C. The lowest BCUT2D eigenvalue weighted by atomic mass is 9.87. The number of aliphatic carboxylic acids is 1. The van der Waals surface area contributed by atoms with Crippen molar-refractivity contribution < 1.29 is 23.9 Å². The Hall–Kier alpha value is -2.02. The average molecular weight is 382 g/mol. The van der Waals surface area contributed by atoms with E-state index in [0.717, 1.165) is 10.5 Å². The van der Waals surface area contributed by atoms with Gasteiger partial charge in [0.15, 0.2) is 0 Å². The van der Waals surface area contributed by atoms with Crippen LogP contribution in [0.3, 0.4) is 0 Å². The van der Waals surface area contributed by atoms with Crippen LogP contribution in [0.4, 0.5) is 10.5 Å². The predicted octanol–water partition coefficient (Wildman–Crippen LogP) is 4.17. The van der Waals surface area contributed by atoms with Crippen molar-refractivity contribution in [1.82, 2.24) is 0 Å². The number of ether oxygens (including phenoxy) is 1. The first-order valence-electron chi connectivity index (χ1n) is 8.74. The molecule has 146 valence electrons. The predicted molar refractivity (Wildman–Crippen MR) is 106 cm³/mol. The van der Waals surface area contributed by atoms with E-state index in [1.165, 1.54) is 0 Å². The molecule has 1 rings (SSSR count). The molecule has 0 atom stereocenters. The number of hydrogen-bond acceptors (Lipinski definition) is 4. The third-order valence-electron chi connectivity index (χ3n) is 3.39. The normalized spacial score (nSPS) is 12.0. The first-order chi connectivity index (χ1) is 11.7. The highest BCUT2D eigenvalue weighted by Crippen LogP contribution is 2.35. The quantitative estimate of drug-likeness (QED) is 0.775. The first-order valence-corrected chi connectivity index (χ1v) is 11.5. The summed E-state index contributed by atoms with van der Waals surface area (Å²) in [6.45, 7) is 15.0. The van der Waals surface area contributed by atoms with E-state index in [0.29, 0.717) is 11.4 Å². The van der Waals surface area contributed by atoms with Gasteiger partial charge in [0.25, 0.3) is 0 Å². The van der Waals surface area contributed by atoms with E-state index in [1.54, 1.807) is 26.8 Å². The van der Waals surface area contributed by atoms with Crippen molar-refractivity contribution in [1.29, 1.82) is 0 Å². The third-order valence-corrected chi connectivity index (χ3v) is 4.11. The molecule has 0 saturated heterocycles. The van der Waals surface area contributed by atoms with E-state index in [2.05, 4.69) is 20.8 Å². The van der Waals surface area contributed by atoms with Gasteiger partial charge in [0.05, 0.1) is 5.69 Å². The zero-order valence-electron chi connectivity index (χ0n) is 17.0. The van der Waals surface area contributed by atoms with Gasteiger partial charge in [0, 0.05) is 0 Å². The van der Waals surface area contributed by atoms with Crippen molar-refractivity contribution in [2.75, 3.05) is 11.4 Å². The highest BCUT2D eigenvalue weighted by Gasteiger charge is 2.28. The topological polar surface area (TPSA) is 76.1 Å². The lowest BCUT2D eigenvalue weighted by molar-refractivity contribution is -0.135. The fourth-order valence-corrected chi connectivity index (χ4v) is 2.95. The van der Waals surface area contributed by atoms with Crippen molar-refractivity contribution in [3.05, 3.63) is 23.8 Å². The smallest absolute Gasteiger partial charge is 0.415 e. The molecule has 6 nitrogen and oxygen atoms in total. The number of carboxylic acids is 1. The van der Waals surface area contributed by atoms with Crippen LogP contribution in [0, 0.1) is 0 Å². The van der Waals surface area contributed by atoms with Crippen LogP contribution in [0.15, 0.2) is 18.2 Å². The Morgan fingerprint density at radius 1 is 1.12 bits per heavy atom. The molecule has 0 spiro atoms. The second-order valence-electron chi connectivity index (χ2n) is 8.56. The molecule has 0 unspecified atom stereocenters. The highest BCUT2D eigenvalue weighted by molar-refractivity contribution is 6.49. The molecule has 26 heavy (non-hydrogen) atoms. The summed E-state index contributed by atoms with van der Waals surface area (Å²) in [6.07, 6.45) is -0.710. The van der Waals surface area contributed by atoms with Crippen molar-refractivity contribution in [2.45, 2.75) is 65.7 Å². The minimum atomic E-state index is -1.48. The van der Waals surface area contributed by atoms with E-state index < -0.39 is 33.2 Å². The summed E-state index contributed by atoms with van der Waals surface area (Å²) in [7, 11) is -1.48. The molecule has 0 heterocycles. The maximum absolute atomic E-state index is 12.6. The molecule has 0 bridgehead atoms. The Bertz CT molecular complexity index is 659. The van der Waals surface area contributed by atoms with Crippen molar-refractivity contribution in [3.63, 3.8) is 0 Å². The number of nitrogens with zero attached hydrogens (tertiary/aromatic N) is 1. The van der Waals surface area contributed by atoms with E-state index >= 15 is 0 Å². The molecule has 1 aromatic carbocycles. The average Bonchev–Trinajstić information content (AvgIpc) is 2.41. The Balaban J connectivity index is 3.43. The van der Waals surface area contributed by atoms with Crippen LogP contribution < -0.4 is 9.33 Å². The second kappa shape index (κ2) is 8.12. The number of carbonyl (C=O) groups is 2. The summed E-state index contributed by atoms with van der Waals surface area (Å²) in [5, 5.41) is 9.27. The fraction of sp³-hybridized carbons (Fsp3) is 0.579. The van der Waals surface area contributed by atoms with E-state index in [9.17, 15) is 14.7 Å². The summed E-state index contributed by atoms with van der Waals surface area (Å²) in [6, 6.07) is 5.52. The highest BCUT2D eigenvalue weighted by atomic mass is 28.3. The summed E-state index contributed by atoms with van der Waals surface area (Å²) >= 11 is 0. The summed E-state index contributed by atoms with van der Waals surface area (Å²) in [4.78, 5) is 25.1. The molecule has 0 aromatic heterocycles. The molecular formula is C19H31NO5Si. The van der Waals surface area contributed by atoms with Crippen LogP contribution in [0.1, 0.15) is 47.1 Å². The number of rotatable bonds is 5. The van der Waals surface area contributed by atoms with Crippen LogP contribution in [-0.4, -0.2) is 38.4 Å². The lowest BCUT2D eigenvalue weighted by Crippen LogP contribution is -2.40. The summed E-state index contributed by atoms with van der Waals surface area (Å²) in [5.74, 6) is -0.602. The number of anilines is 1. The van der Waals surface area contributed by atoms with Crippen LogP contribution in [0.2, 0.25) is 13.1 Å². The Morgan fingerprint density at radius 2 is 1.69 bits per heavy atom. The van der Waals surface area contributed by atoms with Crippen molar-refractivity contribution >= 4 is 26.8 Å². The van der Waals surface area contributed by atoms with Crippen LogP contribution in [-0.2, 0) is 14.9 Å². The van der Waals surface area contributed by atoms with Gasteiger partial charge in [0.1, 0.15) is 17.9 Å². The van der Waals surface area contributed by atoms with Gasteiger partial charge in [0.2, 0.25) is 9.04 Å². The van der Waals surface area contributed by atoms with Gasteiger partial charge < -0.3 is 14.3 Å². The minimum Gasteiger partial charge on any atom is -0.546 e. The van der Waals surface area contributed by atoms with E-state index in [4.69, 9.17) is 9.16 Å². The van der Waals surface area contributed by atoms with Gasteiger partial charge >= 0.3 is 12.1 Å². The van der Waals surface area contributed by atoms with Gasteiger partial charge in [-0.1, -0.05) is 26.8 Å². The Labute approximate surface area is 157 Å². The van der Waals surface area contributed by atoms with Gasteiger partial charge in [-0.05, 0) is 57.0 Å². The molecule has 0 fully saturated rings. The lowest BCUT2D eigenvalue weighted by Gasteiger charge is -2.29. The molecule has 0 aliphatic rings. The van der Waals surface area contributed by atoms with Gasteiger partial charge in [-0.25, -0.2) is 4.79 Å². The fourth-order valence-electron chi connectivity index (χ4n) is 2.25. The zero-order valence-corrected chi connectivity index (χ0v) is 18.2. The Kier molecular flexibility index (Phi) is 6.87. The van der Waals surface area contributed by atoms with Gasteiger partial charge in [-0.3, -0.25) is 9.69 Å². The van der Waals surface area contributed by atoms with Crippen LogP contribution >= 0.6 is 0 Å². The Morgan fingerprint density at radius 3 is 2.12 bits per heavy atom. The number of amides is 1. The molecule has 1 aromatic rings. The van der Waals surface area contributed by atoms with Crippen LogP contribution in [0.5, 0.6) is 5.75 Å². The third kappa shape index (κ3) is 6.71. The molecule has 0 aliphatic carbocycles. The molecule has 7 heteroatoms. The number of carboxylic acid groups (broad SMARTS) is 1. The largest absolute Gasteiger partial charge is 0.546 e. The summed E-state index contributed by atoms with van der Waals surface area (Å²) < 4.78 is 11.4. The van der Waals surface area contributed by atoms with Gasteiger partial charge in [-0.15, -0.1) is 0 Å². The number of hydrogen-bond donors (Lipinski definition) is 1. The van der Waals surface area contributed by atoms with Crippen molar-refractivity contribution in [2.24, 2.45) is 0 Å². The molecule has 1 N–H and O–H groups in total. The molecule has 1 amide bonds. The standard InChI is InChI=1S/C19H31NO5Si/c1-18(2,3)13-9-10-14(15(11-13)25-26(7)8)20(12-16(21)22)17(23)24-19(4,5)6/h9-11,26H,12H2,1-8H3,(H,21,22). The minimum absolute atomic E-state index is 0.0985.